The van der Waals surface area contributed by atoms with Crippen LogP contribution in [0.25, 0.3) is 16.7 Å². The molecule has 0 aliphatic carbocycles. The van der Waals surface area contributed by atoms with E-state index >= 15 is 0 Å². The smallest absolute Gasteiger partial charge is 0.306 e. The van der Waals surface area contributed by atoms with Gasteiger partial charge in [0.15, 0.2) is 0 Å². The van der Waals surface area contributed by atoms with Crippen molar-refractivity contribution in [2.75, 3.05) is 7.11 Å². The normalized spacial score (nSPS) is 10.8. The van der Waals surface area contributed by atoms with Crippen molar-refractivity contribution in [3.8, 4) is 17.6 Å². The van der Waals surface area contributed by atoms with Crippen molar-refractivity contribution in [3.05, 3.63) is 87.3 Å². The SMILES string of the molecule is COc1ccc(COc2nc3ccc(Br)cc3c(=O)n2-c2ccccn2)cc1. The predicted octanol–water partition coefficient (Wildman–Crippen LogP) is 4.13. The summed E-state index contributed by atoms with van der Waals surface area (Å²) in [5, 5.41) is 0.483. The lowest BCUT2D eigenvalue weighted by Crippen LogP contribution is -2.23. The summed E-state index contributed by atoms with van der Waals surface area (Å²) in [6.07, 6.45) is 1.63. The van der Waals surface area contributed by atoms with E-state index in [2.05, 4.69) is 25.9 Å². The van der Waals surface area contributed by atoms with E-state index in [9.17, 15) is 4.79 Å². The minimum absolute atomic E-state index is 0.189. The van der Waals surface area contributed by atoms with E-state index in [4.69, 9.17) is 9.47 Å². The molecule has 0 unspecified atom stereocenters. The van der Waals surface area contributed by atoms with Gasteiger partial charge < -0.3 is 9.47 Å². The van der Waals surface area contributed by atoms with Crippen molar-refractivity contribution in [1.29, 1.82) is 0 Å². The number of methoxy groups -OCH3 is 1. The summed E-state index contributed by atoms with van der Waals surface area (Å²) in [5.41, 5.74) is 1.25. The maximum Gasteiger partial charge on any atom is 0.306 e. The summed E-state index contributed by atoms with van der Waals surface area (Å²) >= 11 is 3.41. The maximum absolute atomic E-state index is 13.2. The summed E-state index contributed by atoms with van der Waals surface area (Å²) in [4.78, 5) is 22.0. The van der Waals surface area contributed by atoms with Crippen molar-refractivity contribution in [2.24, 2.45) is 0 Å². The minimum atomic E-state index is -0.241. The Bertz CT molecular complexity index is 1180. The Balaban J connectivity index is 1.79. The lowest BCUT2D eigenvalue weighted by molar-refractivity contribution is 0.272. The highest BCUT2D eigenvalue weighted by molar-refractivity contribution is 9.10. The molecule has 0 saturated carbocycles. The van der Waals surface area contributed by atoms with E-state index in [-0.39, 0.29) is 18.2 Å². The minimum Gasteiger partial charge on any atom is -0.497 e. The third-order valence-electron chi connectivity index (χ3n) is 4.20. The molecule has 6 nitrogen and oxygen atoms in total. The topological polar surface area (TPSA) is 66.2 Å². The first-order valence-corrected chi connectivity index (χ1v) is 9.34. The lowest BCUT2D eigenvalue weighted by atomic mass is 10.2. The highest BCUT2D eigenvalue weighted by Gasteiger charge is 2.15. The van der Waals surface area contributed by atoms with Gasteiger partial charge in [-0.1, -0.05) is 34.1 Å². The Hall–Kier alpha value is -3.19. The molecule has 0 aliphatic heterocycles. The molecule has 140 valence electrons. The summed E-state index contributed by atoms with van der Waals surface area (Å²) in [6, 6.07) is 18.4. The van der Waals surface area contributed by atoms with Crippen LogP contribution in [0.15, 0.2) is 76.1 Å². The van der Waals surface area contributed by atoms with Crippen LogP contribution in [0.3, 0.4) is 0 Å². The zero-order valence-electron chi connectivity index (χ0n) is 15.0. The van der Waals surface area contributed by atoms with Gasteiger partial charge in [-0.15, -0.1) is 0 Å². The van der Waals surface area contributed by atoms with E-state index < -0.39 is 0 Å². The Morgan fingerprint density at radius 1 is 1.07 bits per heavy atom. The zero-order chi connectivity index (χ0) is 19.5. The Labute approximate surface area is 169 Å². The zero-order valence-corrected chi connectivity index (χ0v) is 16.6. The first kappa shape index (κ1) is 18.2. The first-order chi connectivity index (χ1) is 13.7. The highest BCUT2D eigenvalue weighted by atomic mass is 79.9. The van der Waals surface area contributed by atoms with Gasteiger partial charge in [-0.2, -0.15) is 4.98 Å². The van der Waals surface area contributed by atoms with Crippen LogP contribution >= 0.6 is 15.9 Å². The lowest BCUT2D eigenvalue weighted by Gasteiger charge is -2.13. The van der Waals surface area contributed by atoms with Gasteiger partial charge in [-0.05, 0) is 48.0 Å². The van der Waals surface area contributed by atoms with E-state index in [1.54, 1.807) is 37.6 Å². The van der Waals surface area contributed by atoms with Gasteiger partial charge >= 0.3 is 6.01 Å². The third-order valence-corrected chi connectivity index (χ3v) is 4.70. The van der Waals surface area contributed by atoms with E-state index in [0.717, 1.165) is 15.8 Å². The fraction of sp³-hybridized carbons (Fsp3) is 0.0952. The van der Waals surface area contributed by atoms with Crippen LogP contribution in [0, 0.1) is 0 Å². The Morgan fingerprint density at radius 2 is 1.89 bits per heavy atom. The Kier molecular flexibility index (Phi) is 5.08. The molecule has 28 heavy (non-hydrogen) atoms. The molecule has 7 heteroatoms. The largest absolute Gasteiger partial charge is 0.497 e. The second-order valence-corrected chi connectivity index (χ2v) is 6.94. The van der Waals surface area contributed by atoms with Crippen LogP contribution < -0.4 is 15.0 Å². The number of hydrogen-bond acceptors (Lipinski definition) is 5. The second kappa shape index (κ2) is 7.82. The second-order valence-electron chi connectivity index (χ2n) is 6.02. The number of ether oxygens (including phenoxy) is 2. The van der Waals surface area contributed by atoms with Gasteiger partial charge in [0.25, 0.3) is 5.56 Å². The van der Waals surface area contributed by atoms with Crippen molar-refractivity contribution in [1.82, 2.24) is 14.5 Å². The molecule has 2 heterocycles. The fourth-order valence-corrected chi connectivity index (χ4v) is 3.15. The molecular weight excluding hydrogens is 422 g/mol. The molecule has 0 bridgehead atoms. The summed E-state index contributed by atoms with van der Waals surface area (Å²) in [7, 11) is 1.62. The van der Waals surface area contributed by atoms with Crippen molar-refractivity contribution >= 4 is 26.8 Å². The summed E-state index contributed by atoms with van der Waals surface area (Å²) < 4.78 is 13.3. The van der Waals surface area contributed by atoms with Gasteiger partial charge in [0.05, 0.1) is 18.0 Å². The molecule has 4 aromatic rings. The van der Waals surface area contributed by atoms with Crippen LogP contribution in [0.5, 0.6) is 11.8 Å². The van der Waals surface area contributed by atoms with E-state index in [1.807, 2.05) is 36.4 Å². The predicted molar refractivity (Wildman–Crippen MR) is 110 cm³/mol. The van der Waals surface area contributed by atoms with Crippen molar-refractivity contribution < 1.29 is 9.47 Å². The van der Waals surface area contributed by atoms with Gasteiger partial charge in [0.2, 0.25) is 0 Å². The quantitative estimate of drug-likeness (QED) is 0.469. The van der Waals surface area contributed by atoms with Gasteiger partial charge in [-0.3, -0.25) is 4.79 Å². The number of fused-ring (bicyclic) bond motifs is 1. The molecule has 2 aromatic heterocycles. The number of aromatic nitrogens is 3. The number of pyridine rings is 1. The van der Waals surface area contributed by atoms with Crippen LogP contribution in [-0.4, -0.2) is 21.6 Å². The molecular formula is C21H16BrN3O3. The maximum atomic E-state index is 13.2. The van der Waals surface area contributed by atoms with E-state index in [0.29, 0.717) is 16.7 Å². The molecule has 2 aromatic carbocycles. The molecule has 0 N–H and O–H groups in total. The van der Waals surface area contributed by atoms with Crippen LogP contribution in [-0.2, 0) is 6.61 Å². The molecule has 0 saturated heterocycles. The average Bonchev–Trinajstić information content (AvgIpc) is 2.74. The molecule has 0 spiro atoms. The Morgan fingerprint density at radius 3 is 2.61 bits per heavy atom. The fourth-order valence-electron chi connectivity index (χ4n) is 2.79. The molecule has 0 aliphatic rings. The molecule has 0 amide bonds. The monoisotopic (exact) mass is 437 g/mol. The molecule has 0 radical (unpaired) electrons. The molecule has 0 fully saturated rings. The van der Waals surface area contributed by atoms with Crippen LogP contribution in [0.1, 0.15) is 5.56 Å². The van der Waals surface area contributed by atoms with Gasteiger partial charge in [0.1, 0.15) is 18.2 Å². The molecule has 0 atom stereocenters. The number of benzene rings is 2. The van der Waals surface area contributed by atoms with Crippen molar-refractivity contribution in [3.63, 3.8) is 0 Å². The van der Waals surface area contributed by atoms with Crippen LogP contribution in [0.2, 0.25) is 0 Å². The number of hydrogen-bond donors (Lipinski definition) is 0. The average molecular weight is 438 g/mol. The van der Waals surface area contributed by atoms with Gasteiger partial charge in [0, 0.05) is 10.7 Å². The summed E-state index contributed by atoms with van der Waals surface area (Å²) in [5.74, 6) is 1.22. The third kappa shape index (κ3) is 3.61. The number of rotatable bonds is 5. The van der Waals surface area contributed by atoms with Gasteiger partial charge in [-0.25, -0.2) is 9.55 Å². The molecule has 4 rings (SSSR count). The van der Waals surface area contributed by atoms with Crippen LogP contribution in [0.4, 0.5) is 0 Å². The highest BCUT2D eigenvalue weighted by Crippen LogP contribution is 2.21. The van der Waals surface area contributed by atoms with Crippen molar-refractivity contribution in [2.45, 2.75) is 6.61 Å². The number of nitrogens with zero attached hydrogens (tertiary/aromatic N) is 3. The van der Waals surface area contributed by atoms with E-state index in [1.165, 1.54) is 4.57 Å². The number of halogens is 1. The standard InChI is InChI=1S/C21H16BrN3O3/c1-27-16-8-5-14(6-9-16)13-28-21-24-18-10-7-15(22)12-17(18)20(26)25(21)19-4-2-3-11-23-19/h2-12H,13H2,1H3. The first-order valence-electron chi connectivity index (χ1n) is 8.55. The summed E-state index contributed by atoms with van der Waals surface area (Å²) in [6.45, 7) is 0.255.